The number of nitrogens with zero attached hydrogens (tertiary/aromatic N) is 1. The summed E-state index contributed by atoms with van der Waals surface area (Å²) in [6.07, 6.45) is 2.00. The van der Waals surface area contributed by atoms with Crippen molar-refractivity contribution in [1.82, 2.24) is 4.90 Å². The van der Waals surface area contributed by atoms with Crippen molar-refractivity contribution in [1.29, 1.82) is 0 Å². The SMILES string of the molecule is COCC1CCN(CC(=O)c2ccc(F)c(F)c2)CC1. The van der Waals surface area contributed by atoms with Crippen LogP contribution in [-0.2, 0) is 4.74 Å². The van der Waals surface area contributed by atoms with E-state index in [0.29, 0.717) is 5.92 Å². The fourth-order valence-corrected chi connectivity index (χ4v) is 2.51. The molecule has 1 saturated heterocycles. The van der Waals surface area contributed by atoms with Gasteiger partial charge in [0.25, 0.3) is 0 Å². The van der Waals surface area contributed by atoms with Gasteiger partial charge in [-0.15, -0.1) is 0 Å². The minimum Gasteiger partial charge on any atom is -0.384 e. The molecule has 0 bridgehead atoms. The third-order valence-electron chi connectivity index (χ3n) is 3.72. The molecule has 1 heterocycles. The second-order valence-corrected chi connectivity index (χ2v) is 5.23. The van der Waals surface area contributed by atoms with Crippen molar-refractivity contribution in [3.8, 4) is 0 Å². The molecule has 5 heteroatoms. The number of Topliss-reactive ketones (excluding diaryl/α,β-unsaturated/α-hetero) is 1. The zero-order valence-corrected chi connectivity index (χ0v) is 11.6. The Hall–Kier alpha value is -1.33. The highest BCUT2D eigenvalue weighted by Gasteiger charge is 2.21. The molecule has 0 saturated carbocycles. The number of benzene rings is 1. The number of hydrogen-bond acceptors (Lipinski definition) is 3. The lowest BCUT2D eigenvalue weighted by atomic mass is 9.97. The van der Waals surface area contributed by atoms with E-state index in [1.807, 2.05) is 0 Å². The zero-order valence-electron chi connectivity index (χ0n) is 11.6. The monoisotopic (exact) mass is 283 g/mol. The molecule has 1 aromatic carbocycles. The quantitative estimate of drug-likeness (QED) is 0.778. The molecule has 20 heavy (non-hydrogen) atoms. The number of likely N-dealkylation sites (tertiary alicyclic amines) is 1. The molecule has 0 radical (unpaired) electrons. The van der Waals surface area contributed by atoms with E-state index in [9.17, 15) is 13.6 Å². The third-order valence-corrected chi connectivity index (χ3v) is 3.72. The Balaban J connectivity index is 1.87. The van der Waals surface area contributed by atoms with E-state index in [1.54, 1.807) is 7.11 Å². The van der Waals surface area contributed by atoms with E-state index in [4.69, 9.17) is 4.74 Å². The Morgan fingerprint density at radius 3 is 2.60 bits per heavy atom. The molecule has 1 fully saturated rings. The fraction of sp³-hybridized carbons (Fsp3) is 0.533. The van der Waals surface area contributed by atoms with E-state index in [0.717, 1.165) is 44.7 Å². The van der Waals surface area contributed by atoms with E-state index < -0.39 is 11.6 Å². The van der Waals surface area contributed by atoms with Crippen molar-refractivity contribution in [2.45, 2.75) is 12.8 Å². The molecule has 0 N–H and O–H groups in total. The van der Waals surface area contributed by atoms with Crippen molar-refractivity contribution in [2.24, 2.45) is 5.92 Å². The molecule has 0 amide bonds. The second-order valence-electron chi connectivity index (χ2n) is 5.23. The Morgan fingerprint density at radius 2 is 2.00 bits per heavy atom. The van der Waals surface area contributed by atoms with Crippen LogP contribution in [0.1, 0.15) is 23.2 Å². The fourth-order valence-electron chi connectivity index (χ4n) is 2.51. The summed E-state index contributed by atoms with van der Waals surface area (Å²) in [7, 11) is 1.69. The predicted molar refractivity (Wildman–Crippen MR) is 71.7 cm³/mol. The van der Waals surface area contributed by atoms with E-state index in [2.05, 4.69) is 4.90 Å². The molecule has 0 atom stereocenters. The molecule has 0 aliphatic carbocycles. The van der Waals surface area contributed by atoms with Crippen LogP contribution in [0.2, 0.25) is 0 Å². The van der Waals surface area contributed by atoms with Gasteiger partial charge < -0.3 is 4.74 Å². The maximum atomic E-state index is 13.1. The maximum absolute atomic E-state index is 13.1. The third kappa shape index (κ3) is 3.84. The minimum absolute atomic E-state index is 0.172. The Labute approximate surface area is 117 Å². The molecule has 3 nitrogen and oxygen atoms in total. The van der Waals surface area contributed by atoms with Crippen molar-refractivity contribution < 1.29 is 18.3 Å². The van der Waals surface area contributed by atoms with Gasteiger partial charge in [-0.05, 0) is 50.0 Å². The number of ether oxygens (including phenoxy) is 1. The molecule has 0 unspecified atom stereocenters. The van der Waals surface area contributed by atoms with Gasteiger partial charge in [-0.25, -0.2) is 8.78 Å². The van der Waals surface area contributed by atoms with Crippen LogP contribution in [0.4, 0.5) is 8.78 Å². The van der Waals surface area contributed by atoms with Crippen LogP contribution < -0.4 is 0 Å². The maximum Gasteiger partial charge on any atom is 0.176 e. The van der Waals surface area contributed by atoms with Gasteiger partial charge in [-0.2, -0.15) is 0 Å². The first kappa shape index (κ1) is 15.1. The number of rotatable bonds is 5. The summed E-state index contributed by atoms with van der Waals surface area (Å²) in [4.78, 5) is 14.1. The summed E-state index contributed by atoms with van der Waals surface area (Å²) >= 11 is 0. The number of methoxy groups -OCH3 is 1. The molecule has 110 valence electrons. The summed E-state index contributed by atoms with van der Waals surface area (Å²) in [6.45, 7) is 2.68. The van der Waals surface area contributed by atoms with Gasteiger partial charge >= 0.3 is 0 Å². The van der Waals surface area contributed by atoms with Gasteiger partial charge in [0.05, 0.1) is 6.54 Å². The highest BCUT2D eigenvalue weighted by atomic mass is 19.2. The van der Waals surface area contributed by atoms with Gasteiger partial charge in [0.1, 0.15) is 0 Å². The predicted octanol–water partition coefficient (Wildman–Crippen LogP) is 2.51. The normalized spacial score (nSPS) is 17.4. The highest BCUT2D eigenvalue weighted by molar-refractivity contribution is 5.97. The Kier molecular flexibility index (Phi) is 5.20. The minimum atomic E-state index is -0.977. The van der Waals surface area contributed by atoms with Crippen LogP contribution in [0, 0.1) is 17.6 Å². The van der Waals surface area contributed by atoms with Gasteiger partial charge in [0, 0.05) is 19.3 Å². The molecule has 0 spiro atoms. The van der Waals surface area contributed by atoms with E-state index in [-0.39, 0.29) is 17.9 Å². The van der Waals surface area contributed by atoms with Gasteiger partial charge in [0.2, 0.25) is 0 Å². The van der Waals surface area contributed by atoms with Crippen LogP contribution >= 0.6 is 0 Å². The molecule has 1 aromatic rings. The lowest BCUT2D eigenvalue weighted by molar-refractivity contribution is 0.0809. The van der Waals surface area contributed by atoms with E-state index >= 15 is 0 Å². The van der Waals surface area contributed by atoms with E-state index in [1.165, 1.54) is 6.07 Å². The van der Waals surface area contributed by atoms with Gasteiger partial charge in [0.15, 0.2) is 17.4 Å². The highest BCUT2D eigenvalue weighted by Crippen LogP contribution is 2.18. The molecule has 2 rings (SSSR count). The summed E-state index contributed by atoms with van der Waals surface area (Å²) in [6, 6.07) is 3.29. The number of halogens is 2. The molecule has 1 aliphatic heterocycles. The van der Waals surface area contributed by atoms with Gasteiger partial charge in [-0.3, -0.25) is 9.69 Å². The average molecular weight is 283 g/mol. The van der Waals surface area contributed by atoms with Crippen LogP contribution in [0.25, 0.3) is 0 Å². The van der Waals surface area contributed by atoms with Gasteiger partial charge in [-0.1, -0.05) is 0 Å². The summed E-state index contributed by atoms with van der Waals surface area (Å²) in [5.74, 6) is -1.53. The number of carbonyl (C=O) groups excluding carboxylic acids is 1. The average Bonchev–Trinajstić information content (AvgIpc) is 2.44. The smallest absolute Gasteiger partial charge is 0.176 e. The van der Waals surface area contributed by atoms with Crippen LogP contribution in [0.5, 0.6) is 0 Å². The Morgan fingerprint density at radius 1 is 1.30 bits per heavy atom. The number of hydrogen-bond donors (Lipinski definition) is 0. The summed E-state index contributed by atoms with van der Waals surface area (Å²) in [5, 5.41) is 0. The first-order valence-corrected chi connectivity index (χ1v) is 6.79. The summed E-state index contributed by atoms with van der Waals surface area (Å²) < 4.78 is 31.1. The number of carbonyl (C=O) groups is 1. The van der Waals surface area contributed by atoms with Crippen LogP contribution in [-0.4, -0.2) is 44.0 Å². The van der Waals surface area contributed by atoms with Crippen LogP contribution in [0.15, 0.2) is 18.2 Å². The molecule has 1 aliphatic rings. The topological polar surface area (TPSA) is 29.5 Å². The molecule has 0 aromatic heterocycles. The number of piperidine rings is 1. The molecular weight excluding hydrogens is 264 g/mol. The second kappa shape index (κ2) is 6.90. The Bertz CT molecular complexity index is 471. The van der Waals surface area contributed by atoms with Crippen molar-refractivity contribution in [2.75, 3.05) is 33.4 Å². The number of ketones is 1. The summed E-state index contributed by atoms with van der Waals surface area (Å²) in [5.41, 5.74) is 0.225. The molecular formula is C15H19F2NO2. The lowest BCUT2D eigenvalue weighted by Gasteiger charge is -2.31. The lowest BCUT2D eigenvalue weighted by Crippen LogP contribution is -2.38. The first-order valence-electron chi connectivity index (χ1n) is 6.79. The van der Waals surface area contributed by atoms with Crippen LogP contribution in [0.3, 0.4) is 0 Å². The van der Waals surface area contributed by atoms with Crippen molar-refractivity contribution in [3.63, 3.8) is 0 Å². The van der Waals surface area contributed by atoms with Crippen molar-refractivity contribution >= 4 is 5.78 Å². The van der Waals surface area contributed by atoms with Crippen molar-refractivity contribution in [3.05, 3.63) is 35.4 Å². The largest absolute Gasteiger partial charge is 0.384 e. The zero-order chi connectivity index (χ0) is 14.5. The standard InChI is InChI=1S/C15H19F2NO2/c1-20-10-11-4-6-18(7-5-11)9-15(19)12-2-3-13(16)14(17)8-12/h2-3,8,11H,4-7,9-10H2,1H3. The first-order chi connectivity index (χ1) is 9.60.